The molecule has 1 saturated heterocycles. The van der Waals surface area contributed by atoms with E-state index in [1.54, 1.807) is 6.92 Å². The molecule has 122 valence electrons. The molecule has 0 aliphatic carbocycles. The average molecular weight is 316 g/mol. The molecule has 1 aromatic carbocycles. The SMILES string of the molecule is Cc1ocnc1C(=O)N1CCC[C@@H](CCc2ccc(F)cc2)C1. The van der Waals surface area contributed by atoms with Gasteiger partial charge in [0.25, 0.3) is 5.91 Å². The second-order valence-corrected chi connectivity index (χ2v) is 6.18. The molecule has 0 saturated carbocycles. The number of benzene rings is 1. The minimum atomic E-state index is -0.203. The van der Waals surface area contributed by atoms with E-state index >= 15 is 0 Å². The Morgan fingerprint density at radius 1 is 1.39 bits per heavy atom. The maximum Gasteiger partial charge on any atom is 0.276 e. The first-order chi connectivity index (χ1) is 11.1. The van der Waals surface area contributed by atoms with Crippen LogP contribution in [0.1, 0.15) is 41.1 Å². The Morgan fingerprint density at radius 3 is 2.87 bits per heavy atom. The minimum absolute atomic E-state index is 0.0391. The summed E-state index contributed by atoms with van der Waals surface area (Å²) in [6, 6.07) is 6.67. The van der Waals surface area contributed by atoms with Gasteiger partial charge in [0, 0.05) is 13.1 Å². The first-order valence-corrected chi connectivity index (χ1v) is 8.07. The molecule has 2 heterocycles. The van der Waals surface area contributed by atoms with Crippen LogP contribution in [0.4, 0.5) is 4.39 Å². The topological polar surface area (TPSA) is 46.3 Å². The van der Waals surface area contributed by atoms with E-state index in [0.29, 0.717) is 17.4 Å². The number of hydrogen-bond donors (Lipinski definition) is 0. The predicted molar refractivity (Wildman–Crippen MR) is 84.6 cm³/mol. The average Bonchev–Trinajstić information content (AvgIpc) is 3.00. The number of amides is 1. The van der Waals surface area contributed by atoms with Gasteiger partial charge in [0.2, 0.25) is 0 Å². The monoisotopic (exact) mass is 316 g/mol. The molecular weight excluding hydrogens is 295 g/mol. The van der Waals surface area contributed by atoms with Crippen molar-refractivity contribution < 1.29 is 13.6 Å². The summed E-state index contributed by atoms with van der Waals surface area (Å²) in [7, 11) is 0. The number of hydrogen-bond acceptors (Lipinski definition) is 3. The molecule has 0 radical (unpaired) electrons. The molecule has 0 bridgehead atoms. The normalized spacial score (nSPS) is 18.2. The summed E-state index contributed by atoms with van der Waals surface area (Å²) in [6.45, 7) is 3.29. The minimum Gasteiger partial charge on any atom is -0.448 e. The van der Waals surface area contributed by atoms with Crippen molar-refractivity contribution in [1.82, 2.24) is 9.88 Å². The first-order valence-electron chi connectivity index (χ1n) is 8.07. The van der Waals surface area contributed by atoms with Gasteiger partial charge in [0.15, 0.2) is 12.1 Å². The Morgan fingerprint density at radius 2 is 2.17 bits per heavy atom. The van der Waals surface area contributed by atoms with Crippen LogP contribution >= 0.6 is 0 Å². The standard InChI is InChI=1S/C18H21FN2O2/c1-13-17(20-12-23-13)18(22)21-10-2-3-15(11-21)5-4-14-6-8-16(19)9-7-14/h6-9,12,15H,2-5,10-11H2,1H3/t15-/m0/s1. The summed E-state index contributed by atoms with van der Waals surface area (Å²) in [5, 5.41) is 0. The molecule has 1 fully saturated rings. The maximum atomic E-state index is 12.9. The van der Waals surface area contributed by atoms with E-state index in [2.05, 4.69) is 4.98 Å². The van der Waals surface area contributed by atoms with Gasteiger partial charge in [-0.15, -0.1) is 0 Å². The van der Waals surface area contributed by atoms with E-state index in [1.807, 2.05) is 17.0 Å². The van der Waals surface area contributed by atoms with Crippen LogP contribution < -0.4 is 0 Å². The van der Waals surface area contributed by atoms with Gasteiger partial charge >= 0.3 is 0 Å². The fraction of sp³-hybridized carbons (Fsp3) is 0.444. The Labute approximate surface area is 135 Å². The number of oxazole rings is 1. The van der Waals surface area contributed by atoms with E-state index in [0.717, 1.165) is 44.3 Å². The molecule has 2 aromatic rings. The lowest BCUT2D eigenvalue weighted by molar-refractivity contribution is 0.0661. The van der Waals surface area contributed by atoms with Gasteiger partial charge in [-0.05, 0) is 56.2 Å². The molecule has 0 spiro atoms. The zero-order valence-electron chi connectivity index (χ0n) is 13.3. The zero-order valence-corrected chi connectivity index (χ0v) is 13.3. The summed E-state index contributed by atoms with van der Waals surface area (Å²) >= 11 is 0. The molecule has 4 nitrogen and oxygen atoms in total. The summed E-state index contributed by atoms with van der Waals surface area (Å²) < 4.78 is 18.1. The number of halogens is 1. The molecule has 1 atom stereocenters. The fourth-order valence-electron chi connectivity index (χ4n) is 3.17. The van der Waals surface area contributed by atoms with Crippen LogP contribution in [0.25, 0.3) is 0 Å². The smallest absolute Gasteiger partial charge is 0.276 e. The Hall–Kier alpha value is -2.17. The third-order valence-electron chi connectivity index (χ3n) is 4.51. The molecule has 1 amide bonds. The van der Waals surface area contributed by atoms with Crippen molar-refractivity contribution in [2.45, 2.75) is 32.6 Å². The van der Waals surface area contributed by atoms with Gasteiger partial charge in [-0.1, -0.05) is 12.1 Å². The molecule has 1 aromatic heterocycles. The van der Waals surface area contributed by atoms with Crippen molar-refractivity contribution in [3.05, 3.63) is 53.5 Å². The molecule has 23 heavy (non-hydrogen) atoms. The number of carbonyl (C=O) groups excluding carboxylic acids is 1. The molecule has 5 heteroatoms. The Kier molecular flexibility index (Phi) is 4.74. The highest BCUT2D eigenvalue weighted by molar-refractivity contribution is 5.93. The Bertz CT molecular complexity index is 666. The number of piperidine rings is 1. The number of rotatable bonds is 4. The fourth-order valence-corrected chi connectivity index (χ4v) is 3.17. The second kappa shape index (κ2) is 6.94. The van der Waals surface area contributed by atoms with Crippen molar-refractivity contribution in [3.8, 4) is 0 Å². The predicted octanol–water partition coefficient (Wildman–Crippen LogP) is 3.61. The van der Waals surface area contributed by atoms with Crippen LogP contribution in [0.2, 0.25) is 0 Å². The third-order valence-corrected chi connectivity index (χ3v) is 4.51. The van der Waals surface area contributed by atoms with Crippen LogP contribution in [-0.4, -0.2) is 28.9 Å². The number of aryl methyl sites for hydroxylation is 2. The van der Waals surface area contributed by atoms with Gasteiger partial charge in [-0.25, -0.2) is 9.37 Å². The molecule has 3 rings (SSSR count). The van der Waals surface area contributed by atoms with Crippen LogP contribution in [0.5, 0.6) is 0 Å². The molecular formula is C18H21FN2O2. The number of nitrogens with zero attached hydrogens (tertiary/aromatic N) is 2. The van der Waals surface area contributed by atoms with Crippen molar-refractivity contribution in [1.29, 1.82) is 0 Å². The summed E-state index contributed by atoms with van der Waals surface area (Å²) in [6.07, 6.45) is 5.38. The summed E-state index contributed by atoms with van der Waals surface area (Å²) in [5.74, 6) is 0.808. The van der Waals surface area contributed by atoms with Crippen LogP contribution in [0.15, 0.2) is 35.1 Å². The first kappa shape index (κ1) is 15.7. The maximum absolute atomic E-state index is 12.9. The molecule has 0 N–H and O–H groups in total. The van der Waals surface area contributed by atoms with Gasteiger partial charge < -0.3 is 9.32 Å². The number of aromatic nitrogens is 1. The van der Waals surface area contributed by atoms with Crippen molar-refractivity contribution in [2.75, 3.05) is 13.1 Å². The van der Waals surface area contributed by atoms with Crippen molar-refractivity contribution >= 4 is 5.91 Å². The van der Waals surface area contributed by atoms with Crippen molar-refractivity contribution in [3.63, 3.8) is 0 Å². The molecule has 0 unspecified atom stereocenters. The third kappa shape index (κ3) is 3.78. The molecule has 1 aliphatic rings. The Balaban J connectivity index is 1.57. The zero-order chi connectivity index (χ0) is 16.2. The largest absolute Gasteiger partial charge is 0.448 e. The lowest BCUT2D eigenvalue weighted by Crippen LogP contribution is -2.40. The van der Waals surface area contributed by atoms with Crippen LogP contribution in [-0.2, 0) is 6.42 Å². The van der Waals surface area contributed by atoms with Gasteiger partial charge in [-0.3, -0.25) is 4.79 Å². The summed E-state index contributed by atoms with van der Waals surface area (Å²) in [4.78, 5) is 18.4. The lowest BCUT2D eigenvalue weighted by atomic mass is 9.91. The highest BCUT2D eigenvalue weighted by Crippen LogP contribution is 2.23. The highest BCUT2D eigenvalue weighted by atomic mass is 19.1. The van der Waals surface area contributed by atoms with E-state index in [9.17, 15) is 9.18 Å². The van der Waals surface area contributed by atoms with Crippen LogP contribution in [0, 0.1) is 18.7 Å². The van der Waals surface area contributed by atoms with Gasteiger partial charge in [0.05, 0.1) is 0 Å². The highest BCUT2D eigenvalue weighted by Gasteiger charge is 2.26. The number of carbonyl (C=O) groups is 1. The molecule has 1 aliphatic heterocycles. The van der Waals surface area contributed by atoms with Crippen molar-refractivity contribution in [2.24, 2.45) is 5.92 Å². The van der Waals surface area contributed by atoms with E-state index < -0.39 is 0 Å². The number of likely N-dealkylation sites (tertiary alicyclic amines) is 1. The van der Waals surface area contributed by atoms with Gasteiger partial charge in [-0.2, -0.15) is 0 Å². The van der Waals surface area contributed by atoms with Crippen LogP contribution in [0.3, 0.4) is 0 Å². The van der Waals surface area contributed by atoms with E-state index in [1.165, 1.54) is 18.5 Å². The van der Waals surface area contributed by atoms with Gasteiger partial charge in [0.1, 0.15) is 11.6 Å². The second-order valence-electron chi connectivity index (χ2n) is 6.18. The summed E-state index contributed by atoms with van der Waals surface area (Å²) in [5.41, 5.74) is 1.56. The van der Waals surface area contributed by atoms with E-state index in [4.69, 9.17) is 4.42 Å². The van der Waals surface area contributed by atoms with E-state index in [-0.39, 0.29) is 11.7 Å². The lowest BCUT2D eigenvalue weighted by Gasteiger charge is -2.32. The quantitative estimate of drug-likeness (QED) is 0.865.